The van der Waals surface area contributed by atoms with Crippen molar-refractivity contribution in [3.05, 3.63) is 35.6 Å². The Balaban J connectivity index is 1.66. The van der Waals surface area contributed by atoms with Crippen LogP contribution in [0.4, 0.5) is 4.39 Å². The number of halogens is 1. The molecule has 1 aromatic carbocycles. The molecule has 0 saturated carbocycles. The van der Waals surface area contributed by atoms with E-state index in [1.165, 1.54) is 11.0 Å². The molecule has 2 heterocycles. The Morgan fingerprint density at radius 2 is 2.14 bits per heavy atom. The summed E-state index contributed by atoms with van der Waals surface area (Å²) in [5.41, 5.74) is 0.0934. The van der Waals surface area contributed by atoms with Gasteiger partial charge in [0.25, 0.3) is 0 Å². The third-order valence-electron chi connectivity index (χ3n) is 4.37. The maximum absolute atomic E-state index is 13.7. The van der Waals surface area contributed by atoms with Crippen LogP contribution in [0.15, 0.2) is 24.3 Å². The largest absolute Gasteiger partial charge is 0.284 e. The molecule has 2 fully saturated rings. The van der Waals surface area contributed by atoms with Crippen molar-refractivity contribution >= 4 is 23.6 Å². The van der Waals surface area contributed by atoms with Crippen LogP contribution in [0.25, 0.3) is 0 Å². The van der Waals surface area contributed by atoms with Crippen LogP contribution < -0.4 is 0 Å². The molecule has 1 atom stereocenters. The van der Waals surface area contributed by atoms with Crippen molar-refractivity contribution in [3.63, 3.8) is 0 Å². The number of carbonyl (C=O) groups excluding carboxylic acids is 2. The van der Waals surface area contributed by atoms with Crippen LogP contribution in [-0.4, -0.2) is 46.8 Å². The van der Waals surface area contributed by atoms with Crippen LogP contribution in [0.5, 0.6) is 0 Å². The molecule has 22 heavy (non-hydrogen) atoms. The van der Waals surface area contributed by atoms with E-state index in [9.17, 15) is 14.0 Å². The summed E-state index contributed by atoms with van der Waals surface area (Å²) < 4.78 is 13.7. The first-order valence-electron chi connectivity index (χ1n) is 7.36. The van der Waals surface area contributed by atoms with Crippen molar-refractivity contribution in [2.45, 2.75) is 19.4 Å². The van der Waals surface area contributed by atoms with E-state index in [-0.39, 0.29) is 24.3 Å². The number of benzene rings is 1. The molecular weight excluding hydrogens is 303 g/mol. The molecule has 118 valence electrons. The Labute approximate surface area is 133 Å². The van der Waals surface area contributed by atoms with E-state index in [1.807, 2.05) is 0 Å². The fourth-order valence-electron chi connectivity index (χ4n) is 3.13. The summed E-state index contributed by atoms with van der Waals surface area (Å²) in [7, 11) is 1.79. The van der Waals surface area contributed by atoms with Crippen LogP contribution >= 0.6 is 11.8 Å². The van der Waals surface area contributed by atoms with E-state index < -0.39 is 5.41 Å². The van der Waals surface area contributed by atoms with Crippen molar-refractivity contribution in [3.8, 4) is 0 Å². The van der Waals surface area contributed by atoms with Crippen molar-refractivity contribution in [1.82, 2.24) is 9.80 Å². The molecule has 2 aliphatic rings. The van der Waals surface area contributed by atoms with Gasteiger partial charge < -0.3 is 0 Å². The quantitative estimate of drug-likeness (QED) is 0.796. The van der Waals surface area contributed by atoms with E-state index >= 15 is 0 Å². The SMILES string of the molecule is CN(Cc1ccccc1F)CN1C(=O)C[C@]2(CCSC2)C1=O. The second-order valence-electron chi connectivity index (χ2n) is 6.13. The number of thioether (sulfide) groups is 1. The summed E-state index contributed by atoms with van der Waals surface area (Å²) >= 11 is 1.74. The molecule has 0 unspecified atom stereocenters. The lowest BCUT2D eigenvalue weighted by Crippen LogP contribution is -2.42. The lowest BCUT2D eigenvalue weighted by atomic mass is 9.86. The Morgan fingerprint density at radius 3 is 2.82 bits per heavy atom. The minimum absolute atomic E-state index is 0.0529. The predicted molar refractivity (Wildman–Crippen MR) is 83.6 cm³/mol. The molecule has 6 heteroatoms. The molecule has 0 aromatic heterocycles. The van der Waals surface area contributed by atoms with Crippen LogP contribution in [0.3, 0.4) is 0 Å². The Bertz CT molecular complexity index is 602. The Morgan fingerprint density at radius 1 is 1.36 bits per heavy atom. The first-order chi connectivity index (χ1) is 10.5. The van der Waals surface area contributed by atoms with Gasteiger partial charge in [0.1, 0.15) is 5.82 Å². The third-order valence-corrected chi connectivity index (χ3v) is 5.62. The smallest absolute Gasteiger partial charge is 0.237 e. The average Bonchev–Trinajstić information content (AvgIpc) is 3.03. The summed E-state index contributed by atoms with van der Waals surface area (Å²) in [5.74, 6) is 1.26. The van der Waals surface area contributed by atoms with Gasteiger partial charge in [0.2, 0.25) is 11.8 Å². The highest BCUT2D eigenvalue weighted by Crippen LogP contribution is 2.44. The predicted octanol–water partition coefficient (Wildman–Crippen LogP) is 2.10. The lowest BCUT2D eigenvalue weighted by Gasteiger charge is -2.25. The van der Waals surface area contributed by atoms with E-state index in [2.05, 4.69) is 0 Å². The molecule has 4 nitrogen and oxygen atoms in total. The van der Waals surface area contributed by atoms with E-state index in [0.717, 1.165) is 17.9 Å². The highest BCUT2D eigenvalue weighted by molar-refractivity contribution is 7.99. The number of likely N-dealkylation sites (tertiary alicyclic amines) is 1. The topological polar surface area (TPSA) is 40.6 Å². The van der Waals surface area contributed by atoms with Gasteiger partial charge in [-0.05, 0) is 25.3 Å². The number of imide groups is 1. The van der Waals surface area contributed by atoms with Gasteiger partial charge in [-0.2, -0.15) is 11.8 Å². The molecular formula is C16H19FN2O2S. The number of hydrogen-bond acceptors (Lipinski definition) is 4. The highest BCUT2D eigenvalue weighted by atomic mass is 32.2. The number of hydrogen-bond donors (Lipinski definition) is 0. The van der Waals surface area contributed by atoms with Crippen molar-refractivity contribution < 1.29 is 14.0 Å². The summed E-state index contributed by atoms with van der Waals surface area (Å²) in [6.45, 7) is 0.587. The van der Waals surface area contributed by atoms with E-state index in [4.69, 9.17) is 0 Å². The number of rotatable bonds is 4. The zero-order valence-corrected chi connectivity index (χ0v) is 13.4. The first-order valence-corrected chi connectivity index (χ1v) is 8.52. The lowest BCUT2D eigenvalue weighted by molar-refractivity contribution is -0.143. The molecule has 2 aliphatic heterocycles. The van der Waals surface area contributed by atoms with Gasteiger partial charge in [-0.15, -0.1) is 0 Å². The van der Waals surface area contributed by atoms with Gasteiger partial charge in [0.05, 0.1) is 12.1 Å². The first kappa shape index (κ1) is 15.5. The molecule has 1 aromatic rings. The van der Waals surface area contributed by atoms with Crippen molar-refractivity contribution in [2.24, 2.45) is 5.41 Å². The molecule has 2 saturated heterocycles. The number of amides is 2. The summed E-state index contributed by atoms with van der Waals surface area (Å²) in [4.78, 5) is 27.9. The van der Waals surface area contributed by atoms with Crippen LogP contribution in [-0.2, 0) is 16.1 Å². The van der Waals surface area contributed by atoms with E-state index in [1.54, 1.807) is 41.9 Å². The normalized spacial score (nSPS) is 25.0. The van der Waals surface area contributed by atoms with Crippen LogP contribution in [0, 0.1) is 11.2 Å². The fourth-order valence-corrected chi connectivity index (χ4v) is 4.57. The minimum atomic E-state index is -0.472. The molecule has 0 N–H and O–H groups in total. The van der Waals surface area contributed by atoms with Gasteiger partial charge in [0, 0.05) is 24.3 Å². The molecule has 0 radical (unpaired) electrons. The van der Waals surface area contributed by atoms with Gasteiger partial charge in [-0.3, -0.25) is 19.4 Å². The Kier molecular flexibility index (Phi) is 4.23. The fraction of sp³-hybridized carbons (Fsp3) is 0.500. The highest BCUT2D eigenvalue weighted by Gasteiger charge is 2.53. The van der Waals surface area contributed by atoms with Gasteiger partial charge >= 0.3 is 0 Å². The van der Waals surface area contributed by atoms with Crippen LogP contribution in [0.1, 0.15) is 18.4 Å². The standard InChI is InChI=1S/C16H19FN2O2S/c1-18(9-12-4-2-3-5-13(12)17)11-19-14(20)8-16(15(19)21)6-7-22-10-16/h2-5H,6-11H2,1H3/t16-/m0/s1. The molecule has 3 rings (SSSR count). The summed E-state index contributed by atoms with van der Waals surface area (Å²) in [6, 6.07) is 6.56. The summed E-state index contributed by atoms with van der Waals surface area (Å²) in [5, 5.41) is 0. The zero-order valence-electron chi connectivity index (χ0n) is 12.5. The van der Waals surface area contributed by atoms with Gasteiger partial charge in [0.15, 0.2) is 0 Å². The maximum atomic E-state index is 13.7. The molecule has 0 bridgehead atoms. The second kappa shape index (κ2) is 6.01. The number of carbonyl (C=O) groups is 2. The maximum Gasteiger partial charge on any atom is 0.237 e. The third kappa shape index (κ3) is 2.77. The second-order valence-corrected chi connectivity index (χ2v) is 7.24. The van der Waals surface area contributed by atoms with Crippen LogP contribution in [0.2, 0.25) is 0 Å². The van der Waals surface area contributed by atoms with Crippen molar-refractivity contribution in [2.75, 3.05) is 25.2 Å². The molecule has 0 aliphatic carbocycles. The van der Waals surface area contributed by atoms with E-state index in [0.29, 0.717) is 18.5 Å². The molecule has 2 amide bonds. The monoisotopic (exact) mass is 322 g/mol. The molecule has 1 spiro atoms. The summed E-state index contributed by atoms with van der Waals surface area (Å²) in [6.07, 6.45) is 1.11. The van der Waals surface area contributed by atoms with Gasteiger partial charge in [-0.25, -0.2) is 4.39 Å². The Hall–Kier alpha value is -1.40. The van der Waals surface area contributed by atoms with Gasteiger partial charge in [-0.1, -0.05) is 18.2 Å². The minimum Gasteiger partial charge on any atom is -0.284 e. The zero-order chi connectivity index (χ0) is 15.7. The average molecular weight is 322 g/mol. The number of nitrogens with zero attached hydrogens (tertiary/aromatic N) is 2. The van der Waals surface area contributed by atoms with Crippen molar-refractivity contribution in [1.29, 1.82) is 0 Å².